The molecule has 6 nitrogen and oxygen atoms in total. The van der Waals surface area contributed by atoms with Gasteiger partial charge in [0.2, 0.25) is 10.0 Å². The Labute approximate surface area is 171 Å². The minimum absolute atomic E-state index is 0.0146. The molecule has 2 rings (SSSR count). The highest BCUT2D eigenvalue weighted by atomic mass is 35.5. The lowest BCUT2D eigenvalue weighted by atomic mass is 10.1. The summed E-state index contributed by atoms with van der Waals surface area (Å²) in [6.45, 7) is -1.37. The first-order valence-electron chi connectivity index (χ1n) is 8.25. The lowest BCUT2D eigenvalue weighted by molar-refractivity contribution is -0.176. The number of carbonyl (C=O) groups is 1. The van der Waals surface area contributed by atoms with E-state index in [0.717, 1.165) is 0 Å². The summed E-state index contributed by atoms with van der Waals surface area (Å²) < 4.78 is 66.8. The van der Waals surface area contributed by atoms with Gasteiger partial charge in [0.25, 0.3) is 5.91 Å². The van der Waals surface area contributed by atoms with E-state index in [-0.39, 0.29) is 28.6 Å². The van der Waals surface area contributed by atoms with Gasteiger partial charge in [-0.2, -0.15) is 13.2 Å². The molecule has 0 aliphatic heterocycles. The van der Waals surface area contributed by atoms with Crippen LogP contribution < -0.4 is 10.0 Å². The molecule has 2 N–H and O–H groups in total. The average Bonchev–Trinajstić information content (AvgIpc) is 2.66. The van der Waals surface area contributed by atoms with Crippen LogP contribution in [0, 0.1) is 0 Å². The first kappa shape index (κ1) is 23.1. The van der Waals surface area contributed by atoms with Gasteiger partial charge in [0, 0.05) is 12.1 Å². The molecule has 1 amide bonds. The Hall–Kier alpha value is -2.14. The van der Waals surface area contributed by atoms with E-state index in [4.69, 9.17) is 11.6 Å². The quantitative estimate of drug-likeness (QED) is 0.646. The van der Waals surface area contributed by atoms with Gasteiger partial charge >= 0.3 is 6.18 Å². The molecule has 0 aliphatic rings. The number of carbonyl (C=O) groups excluding carboxylic acids is 1. The van der Waals surface area contributed by atoms with Crippen molar-refractivity contribution < 1.29 is 31.1 Å². The summed E-state index contributed by atoms with van der Waals surface area (Å²) >= 11 is 5.89. The normalized spacial score (nSPS) is 12.0. The number of nitrogens with one attached hydrogen (secondary N) is 2. The van der Waals surface area contributed by atoms with Crippen molar-refractivity contribution in [1.82, 2.24) is 10.0 Å². The standard InChI is InChI=1S/C18H18ClF3N2O4S/c1-23-29(26,27)16-8-14(6-7-15(16)19)17(25)24-9-12-2-4-13(5-3-12)10-28-11-18(20,21)22/h2-8,23H,9-11H2,1H3,(H,24,25). The summed E-state index contributed by atoms with van der Waals surface area (Å²) in [5, 5.41) is 2.62. The van der Waals surface area contributed by atoms with Crippen LogP contribution in [0.2, 0.25) is 5.02 Å². The van der Waals surface area contributed by atoms with Gasteiger partial charge in [-0.15, -0.1) is 0 Å². The van der Waals surface area contributed by atoms with Crippen molar-refractivity contribution in [3.8, 4) is 0 Å². The van der Waals surface area contributed by atoms with Crippen LogP contribution in [0.4, 0.5) is 13.2 Å². The lowest BCUT2D eigenvalue weighted by Crippen LogP contribution is -2.24. The Morgan fingerprint density at radius 1 is 1.10 bits per heavy atom. The molecule has 0 spiro atoms. The predicted octanol–water partition coefficient (Wildman–Crippen LogP) is 3.26. The zero-order valence-corrected chi connectivity index (χ0v) is 16.8. The van der Waals surface area contributed by atoms with Crippen LogP contribution in [0.3, 0.4) is 0 Å². The van der Waals surface area contributed by atoms with Crippen LogP contribution in [0.5, 0.6) is 0 Å². The van der Waals surface area contributed by atoms with E-state index in [1.54, 1.807) is 24.3 Å². The van der Waals surface area contributed by atoms with Crippen LogP contribution >= 0.6 is 11.6 Å². The maximum atomic E-state index is 12.3. The molecule has 0 aliphatic carbocycles. The Morgan fingerprint density at radius 2 is 1.72 bits per heavy atom. The fourth-order valence-corrected chi connectivity index (χ4v) is 3.53. The minimum atomic E-state index is -4.38. The fraction of sp³-hybridized carbons (Fsp3) is 0.278. The molecule has 0 heterocycles. The zero-order valence-electron chi connectivity index (χ0n) is 15.2. The highest BCUT2D eigenvalue weighted by Gasteiger charge is 2.27. The van der Waals surface area contributed by atoms with E-state index < -0.39 is 28.7 Å². The van der Waals surface area contributed by atoms with Crippen LogP contribution in [0.15, 0.2) is 47.4 Å². The molecule has 0 bridgehead atoms. The molecular formula is C18H18ClF3N2O4S. The maximum Gasteiger partial charge on any atom is 0.411 e. The lowest BCUT2D eigenvalue weighted by Gasteiger charge is -2.10. The summed E-state index contributed by atoms with van der Waals surface area (Å²) in [6, 6.07) is 10.4. The van der Waals surface area contributed by atoms with Crippen LogP contribution in [-0.4, -0.2) is 34.2 Å². The summed E-state index contributed by atoms with van der Waals surface area (Å²) in [6.07, 6.45) is -4.38. The molecule has 0 unspecified atom stereocenters. The van der Waals surface area contributed by atoms with Gasteiger partial charge in [0.15, 0.2) is 0 Å². The van der Waals surface area contributed by atoms with Crippen LogP contribution in [0.25, 0.3) is 0 Å². The van der Waals surface area contributed by atoms with Gasteiger partial charge in [-0.1, -0.05) is 35.9 Å². The van der Waals surface area contributed by atoms with Gasteiger partial charge in [-0.25, -0.2) is 13.1 Å². The number of alkyl halides is 3. The predicted molar refractivity (Wildman–Crippen MR) is 101 cm³/mol. The summed E-state index contributed by atoms with van der Waals surface area (Å²) in [7, 11) is -2.59. The molecule has 0 saturated carbocycles. The molecule has 0 atom stereocenters. The second kappa shape index (κ2) is 9.57. The van der Waals surface area contributed by atoms with E-state index in [2.05, 4.69) is 14.8 Å². The minimum Gasteiger partial charge on any atom is -0.367 e. The van der Waals surface area contributed by atoms with Gasteiger partial charge in [-0.3, -0.25) is 4.79 Å². The van der Waals surface area contributed by atoms with Crippen molar-refractivity contribution in [2.75, 3.05) is 13.7 Å². The Bertz CT molecular complexity index is 964. The Kier molecular flexibility index (Phi) is 7.64. The monoisotopic (exact) mass is 450 g/mol. The number of hydrogen-bond donors (Lipinski definition) is 2. The molecule has 2 aromatic carbocycles. The molecule has 0 fully saturated rings. The molecule has 0 saturated heterocycles. The van der Waals surface area contributed by atoms with Crippen molar-refractivity contribution in [2.24, 2.45) is 0 Å². The summed E-state index contributed by atoms with van der Waals surface area (Å²) in [5.41, 5.74) is 1.37. The molecule has 158 valence electrons. The fourth-order valence-electron chi connectivity index (χ4n) is 2.28. The first-order chi connectivity index (χ1) is 13.5. The van der Waals surface area contributed by atoms with Crippen molar-refractivity contribution in [3.63, 3.8) is 0 Å². The second-order valence-corrected chi connectivity index (χ2v) is 8.22. The smallest absolute Gasteiger partial charge is 0.367 e. The second-order valence-electron chi connectivity index (χ2n) is 5.96. The number of benzene rings is 2. The number of ether oxygens (including phenoxy) is 1. The topological polar surface area (TPSA) is 84.5 Å². The third-order valence-electron chi connectivity index (χ3n) is 3.76. The Morgan fingerprint density at radius 3 is 2.31 bits per heavy atom. The van der Waals surface area contributed by atoms with Crippen molar-refractivity contribution in [1.29, 1.82) is 0 Å². The van der Waals surface area contributed by atoms with Gasteiger partial charge in [0.1, 0.15) is 11.5 Å². The highest BCUT2D eigenvalue weighted by molar-refractivity contribution is 7.89. The van der Waals surface area contributed by atoms with Crippen molar-refractivity contribution in [3.05, 3.63) is 64.2 Å². The van der Waals surface area contributed by atoms with Gasteiger partial charge in [-0.05, 0) is 36.4 Å². The summed E-state index contributed by atoms with van der Waals surface area (Å²) in [4.78, 5) is 12.1. The highest BCUT2D eigenvalue weighted by Crippen LogP contribution is 2.22. The van der Waals surface area contributed by atoms with Crippen molar-refractivity contribution >= 4 is 27.5 Å². The first-order valence-corrected chi connectivity index (χ1v) is 10.1. The van der Waals surface area contributed by atoms with E-state index in [1.165, 1.54) is 25.2 Å². The van der Waals surface area contributed by atoms with Crippen LogP contribution in [0.1, 0.15) is 21.5 Å². The van der Waals surface area contributed by atoms with Gasteiger partial charge < -0.3 is 10.1 Å². The molecular weight excluding hydrogens is 433 g/mol. The molecule has 0 aromatic heterocycles. The van der Waals surface area contributed by atoms with Crippen molar-refractivity contribution in [2.45, 2.75) is 24.2 Å². The molecule has 2 aromatic rings. The number of hydrogen-bond acceptors (Lipinski definition) is 4. The van der Waals surface area contributed by atoms with Gasteiger partial charge in [0.05, 0.1) is 11.6 Å². The van der Waals surface area contributed by atoms with E-state index >= 15 is 0 Å². The largest absolute Gasteiger partial charge is 0.411 e. The van der Waals surface area contributed by atoms with E-state index in [1.807, 2.05) is 0 Å². The number of sulfonamides is 1. The third-order valence-corrected chi connectivity index (χ3v) is 5.66. The average molecular weight is 451 g/mol. The van der Waals surface area contributed by atoms with E-state index in [0.29, 0.717) is 11.1 Å². The zero-order chi connectivity index (χ0) is 21.7. The number of amides is 1. The third kappa shape index (κ3) is 7.00. The van der Waals surface area contributed by atoms with E-state index in [9.17, 15) is 26.4 Å². The molecule has 0 radical (unpaired) electrons. The number of rotatable bonds is 8. The number of halogens is 4. The SMILES string of the molecule is CNS(=O)(=O)c1cc(C(=O)NCc2ccc(COCC(F)(F)F)cc2)ccc1Cl. The summed E-state index contributed by atoms with van der Waals surface area (Å²) in [5.74, 6) is -0.508. The maximum absolute atomic E-state index is 12.3. The molecule has 29 heavy (non-hydrogen) atoms. The molecule has 11 heteroatoms. The van der Waals surface area contributed by atoms with Crippen LogP contribution in [-0.2, 0) is 27.9 Å². The Balaban J connectivity index is 1.96.